The Morgan fingerprint density at radius 1 is 1.00 bits per heavy atom. The van der Waals surface area contributed by atoms with Crippen molar-refractivity contribution in [1.29, 1.82) is 0 Å². The molecule has 0 saturated heterocycles. The fourth-order valence-electron chi connectivity index (χ4n) is 3.29. The maximum absolute atomic E-state index is 3.86. The molecular weight excluding hydrogens is 240 g/mol. The third-order valence-electron chi connectivity index (χ3n) is 4.24. The Morgan fingerprint density at radius 2 is 1.70 bits per heavy atom. The Bertz CT molecular complexity index is 647. The van der Waals surface area contributed by atoms with Gasteiger partial charge in [0, 0.05) is 5.92 Å². The molecule has 0 heterocycles. The van der Waals surface area contributed by atoms with E-state index < -0.39 is 0 Å². The van der Waals surface area contributed by atoms with Crippen molar-refractivity contribution in [2.24, 2.45) is 0 Å². The lowest BCUT2D eigenvalue weighted by atomic mass is 9.92. The van der Waals surface area contributed by atoms with Gasteiger partial charge in [0.1, 0.15) is 0 Å². The molecule has 0 nitrogen and oxygen atoms in total. The van der Waals surface area contributed by atoms with Gasteiger partial charge in [-0.25, -0.2) is 0 Å². The molecule has 1 aliphatic carbocycles. The normalized spacial score (nSPS) is 17.1. The summed E-state index contributed by atoms with van der Waals surface area (Å²) in [5, 5.41) is 0. The maximum atomic E-state index is 3.86. The SMILES string of the molecule is C=CCCC1C(C)=C(c2ccccc2)c2ccccc21. The molecule has 0 radical (unpaired) electrons. The van der Waals surface area contributed by atoms with Crippen LogP contribution in [0, 0.1) is 0 Å². The molecule has 0 aromatic heterocycles. The number of rotatable bonds is 4. The van der Waals surface area contributed by atoms with E-state index in [2.05, 4.69) is 68.1 Å². The van der Waals surface area contributed by atoms with Gasteiger partial charge in [-0.2, -0.15) is 0 Å². The molecule has 0 N–H and O–H groups in total. The highest BCUT2D eigenvalue weighted by molar-refractivity contribution is 5.88. The minimum absolute atomic E-state index is 0.541. The van der Waals surface area contributed by atoms with Crippen molar-refractivity contribution in [3.05, 3.63) is 89.5 Å². The summed E-state index contributed by atoms with van der Waals surface area (Å²) in [6, 6.07) is 19.6. The van der Waals surface area contributed by atoms with Gasteiger partial charge >= 0.3 is 0 Å². The van der Waals surface area contributed by atoms with Gasteiger partial charge < -0.3 is 0 Å². The van der Waals surface area contributed by atoms with Crippen molar-refractivity contribution >= 4 is 5.57 Å². The molecule has 0 aliphatic heterocycles. The van der Waals surface area contributed by atoms with Crippen LogP contribution in [0.1, 0.15) is 42.4 Å². The molecule has 20 heavy (non-hydrogen) atoms. The van der Waals surface area contributed by atoms with Crippen molar-refractivity contribution in [3.63, 3.8) is 0 Å². The fraction of sp³-hybridized carbons (Fsp3) is 0.200. The van der Waals surface area contributed by atoms with Gasteiger partial charge in [0.25, 0.3) is 0 Å². The van der Waals surface area contributed by atoms with Gasteiger partial charge in [-0.1, -0.05) is 66.2 Å². The summed E-state index contributed by atoms with van der Waals surface area (Å²) >= 11 is 0. The second-order valence-electron chi connectivity index (χ2n) is 5.43. The summed E-state index contributed by atoms with van der Waals surface area (Å²) in [6.07, 6.45) is 4.25. The van der Waals surface area contributed by atoms with Crippen molar-refractivity contribution in [1.82, 2.24) is 0 Å². The Morgan fingerprint density at radius 3 is 2.45 bits per heavy atom. The molecule has 0 bridgehead atoms. The first kappa shape index (κ1) is 12.9. The predicted octanol–water partition coefficient (Wildman–Crippen LogP) is 5.57. The summed E-state index contributed by atoms with van der Waals surface area (Å²) in [5.41, 5.74) is 7.14. The van der Waals surface area contributed by atoms with Crippen molar-refractivity contribution in [3.8, 4) is 0 Å². The molecule has 1 aliphatic rings. The summed E-state index contributed by atoms with van der Waals surface area (Å²) in [5.74, 6) is 0.541. The number of hydrogen-bond donors (Lipinski definition) is 0. The van der Waals surface area contributed by atoms with Gasteiger partial charge in [-0.15, -0.1) is 6.58 Å². The van der Waals surface area contributed by atoms with Gasteiger partial charge in [0.05, 0.1) is 0 Å². The molecular formula is C20H20. The lowest BCUT2D eigenvalue weighted by Gasteiger charge is -2.12. The zero-order valence-corrected chi connectivity index (χ0v) is 12.0. The number of allylic oxidation sites excluding steroid dienone is 2. The van der Waals surface area contributed by atoms with Gasteiger partial charge in [-0.05, 0) is 42.0 Å². The third-order valence-corrected chi connectivity index (χ3v) is 4.24. The van der Waals surface area contributed by atoms with Crippen LogP contribution >= 0.6 is 0 Å². The number of benzene rings is 2. The number of hydrogen-bond acceptors (Lipinski definition) is 0. The minimum atomic E-state index is 0.541. The van der Waals surface area contributed by atoms with Crippen molar-refractivity contribution in [2.75, 3.05) is 0 Å². The highest BCUT2D eigenvalue weighted by atomic mass is 14.3. The monoisotopic (exact) mass is 260 g/mol. The second-order valence-corrected chi connectivity index (χ2v) is 5.43. The van der Waals surface area contributed by atoms with E-state index in [1.165, 1.54) is 27.8 Å². The first-order chi connectivity index (χ1) is 9.83. The molecule has 0 amide bonds. The lowest BCUT2D eigenvalue weighted by Crippen LogP contribution is -1.96. The topological polar surface area (TPSA) is 0 Å². The van der Waals surface area contributed by atoms with Crippen molar-refractivity contribution in [2.45, 2.75) is 25.7 Å². The van der Waals surface area contributed by atoms with Crippen LogP contribution in [0.15, 0.2) is 72.8 Å². The Hall–Kier alpha value is -2.08. The Kier molecular flexibility index (Phi) is 3.56. The third kappa shape index (κ3) is 2.12. The molecule has 0 fully saturated rings. The predicted molar refractivity (Wildman–Crippen MR) is 86.8 cm³/mol. The van der Waals surface area contributed by atoms with Crippen LogP contribution in [0.5, 0.6) is 0 Å². The van der Waals surface area contributed by atoms with Crippen molar-refractivity contribution < 1.29 is 0 Å². The molecule has 1 atom stereocenters. The molecule has 3 rings (SSSR count). The summed E-state index contributed by atoms with van der Waals surface area (Å²) in [6.45, 7) is 6.15. The van der Waals surface area contributed by atoms with E-state index >= 15 is 0 Å². The van der Waals surface area contributed by atoms with E-state index in [4.69, 9.17) is 0 Å². The molecule has 0 saturated carbocycles. The largest absolute Gasteiger partial charge is 0.103 e. The van der Waals surface area contributed by atoms with Crippen LogP contribution in [0.4, 0.5) is 0 Å². The van der Waals surface area contributed by atoms with E-state index in [-0.39, 0.29) is 0 Å². The summed E-state index contributed by atoms with van der Waals surface area (Å²) < 4.78 is 0. The molecule has 1 unspecified atom stereocenters. The smallest absolute Gasteiger partial charge is 0.00639 e. The highest BCUT2D eigenvalue weighted by Crippen LogP contribution is 2.46. The quantitative estimate of drug-likeness (QED) is 0.630. The molecule has 2 aromatic rings. The molecule has 0 spiro atoms. The van der Waals surface area contributed by atoms with Crippen LogP contribution in [-0.2, 0) is 0 Å². The van der Waals surface area contributed by atoms with Gasteiger partial charge in [0.15, 0.2) is 0 Å². The van der Waals surface area contributed by atoms with E-state index in [0.29, 0.717) is 5.92 Å². The van der Waals surface area contributed by atoms with Crippen LogP contribution in [-0.4, -0.2) is 0 Å². The summed E-state index contributed by atoms with van der Waals surface area (Å²) in [4.78, 5) is 0. The first-order valence-electron chi connectivity index (χ1n) is 7.29. The second kappa shape index (κ2) is 5.50. The van der Waals surface area contributed by atoms with E-state index in [0.717, 1.165) is 12.8 Å². The van der Waals surface area contributed by atoms with Crippen LogP contribution < -0.4 is 0 Å². The van der Waals surface area contributed by atoms with Crippen LogP contribution in [0.3, 0.4) is 0 Å². The fourth-order valence-corrected chi connectivity index (χ4v) is 3.29. The van der Waals surface area contributed by atoms with E-state index in [1.807, 2.05) is 6.08 Å². The minimum Gasteiger partial charge on any atom is -0.103 e. The average molecular weight is 260 g/mol. The first-order valence-corrected chi connectivity index (χ1v) is 7.29. The van der Waals surface area contributed by atoms with Gasteiger partial charge in [-0.3, -0.25) is 0 Å². The standard InChI is InChI=1S/C20H20/c1-3-4-12-17-15(2)20(16-10-6-5-7-11-16)19-14-9-8-13-18(17)19/h3,5-11,13-14,17H,1,4,12H2,2H3. The highest BCUT2D eigenvalue weighted by Gasteiger charge is 2.28. The van der Waals surface area contributed by atoms with Gasteiger partial charge in [0.2, 0.25) is 0 Å². The molecule has 2 aromatic carbocycles. The molecule has 100 valence electrons. The summed E-state index contributed by atoms with van der Waals surface area (Å²) in [7, 11) is 0. The Balaban J connectivity index is 2.12. The average Bonchev–Trinajstić information content (AvgIpc) is 2.78. The zero-order chi connectivity index (χ0) is 13.9. The van der Waals surface area contributed by atoms with E-state index in [9.17, 15) is 0 Å². The van der Waals surface area contributed by atoms with Crippen LogP contribution in [0.2, 0.25) is 0 Å². The Labute approximate surface area is 121 Å². The van der Waals surface area contributed by atoms with E-state index in [1.54, 1.807) is 0 Å². The molecule has 0 heteroatoms. The maximum Gasteiger partial charge on any atom is 0.00639 e. The zero-order valence-electron chi connectivity index (χ0n) is 12.0. The lowest BCUT2D eigenvalue weighted by molar-refractivity contribution is 0.727. The number of fused-ring (bicyclic) bond motifs is 1. The van der Waals surface area contributed by atoms with Crippen LogP contribution in [0.25, 0.3) is 5.57 Å².